The largest absolute Gasteiger partial charge is 0.445 e. The van der Waals surface area contributed by atoms with E-state index in [4.69, 9.17) is 38.5 Å². The van der Waals surface area contributed by atoms with E-state index < -0.39 is 0 Å². The van der Waals surface area contributed by atoms with Gasteiger partial charge < -0.3 is 34.8 Å². The van der Waals surface area contributed by atoms with Gasteiger partial charge in [-0.15, -0.1) is 0 Å². The second-order valence-electron chi connectivity index (χ2n) is 13.0. The predicted octanol–water partition coefficient (Wildman–Crippen LogP) is 8.30. The summed E-state index contributed by atoms with van der Waals surface area (Å²) in [6.07, 6.45) is 3.83. The number of nitrogens with zero attached hydrogens (tertiary/aromatic N) is 2. The number of benzene rings is 4. The van der Waals surface area contributed by atoms with Crippen LogP contribution in [0.1, 0.15) is 42.4 Å². The number of fused-ring (bicyclic) bond motifs is 2. The van der Waals surface area contributed by atoms with Gasteiger partial charge in [-0.3, -0.25) is 5.84 Å². The molecule has 52 heavy (non-hydrogen) atoms. The number of halogens is 2. The standard InChI is InChI=1S/C20H21ClN2O2.C14H17NO3.C6H7ClN2/c21-16-6-7-17-18(12-16)22-14-20(17)8-10-23(11-9-20)19(24)25-13-15-4-2-1-3-5-15;16-10-12-6-8-15(9-7-12)14(17)18-11-13-4-2-1-3-5-13;7-5-2-1-3-6(4-5)9-8/h1-7,12,22H,8-11,13-14H2;1-5,10,12H,6-9,11H2;1-4,9H,8H2. The molecule has 4 N–H and O–H groups in total. The molecule has 2 amide bonds. The van der Waals surface area contributed by atoms with E-state index in [2.05, 4.69) is 16.8 Å². The van der Waals surface area contributed by atoms with Gasteiger partial charge in [0.25, 0.3) is 0 Å². The monoisotopic (exact) mass is 745 g/mol. The topological polar surface area (TPSA) is 126 Å². The Morgan fingerprint density at radius 2 is 1.33 bits per heavy atom. The number of rotatable bonds is 6. The number of piperidine rings is 2. The Balaban J connectivity index is 0.000000168. The zero-order valence-corrected chi connectivity index (χ0v) is 30.5. The lowest BCUT2D eigenvalue weighted by Crippen LogP contribution is -2.46. The molecule has 3 aliphatic rings. The Hall–Kier alpha value is -4.77. The molecule has 7 rings (SSSR count). The summed E-state index contributed by atoms with van der Waals surface area (Å²) in [7, 11) is 0. The third-order valence-corrected chi connectivity index (χ3v) is 10.0. The first-order valence-corrected chi connectivity index (χ1v) is 18.2. The molecular formula is C40H45Cl2N5O5. The van der Waals surface area contributed by atoms with Crippen molar-refractivity contribution in [3.05, 3.63) is 130 Å². The van der Waals surface area contributed by atoms with Crippen molar-refractivity contribution in [2.24, 2.45) is 11.8 Å². The highest BCUT2D eigenvalue weighted by molar-refractivity contribution is 6.31. The van der Waals surface area contributed by atoms with Crippen molar-refractivity contribution in [1.29, 1.82) is 0 Å². The van der Waals surface area contributed by atoms with Gasteiger partial charge in [-0.1, -0.05) is 96.0 Å². The van der Waals surface area contributed by atoms with Crippen LogP contribution < -0.4 is 16.6 Å². The number of ether oxygens (including phenoxy) is 2. The Labute approximate surface area is 315 Å². The van der Waals surface area contributed by atoms with Crippen molar-refractivity contribution < 1.29 is 23.9 Å². The molecule has 12 heteroatoms. The average Bonchev–Trinajstić information content (AvgIpc) is 3.53. The van der Waals surface area contributed by atoms with E-state index in [-0.39, 0.29) is 23.5 Å². The number of carbonyl (C=O) groups excluding carboxylic acids is 3. The van der Waals surface area contributed by atoms with Gasteiger partial charge in [-0.05, 0) is 72.7 Å². The fourth-order valence-electron chi connectivity index (χ4n) is 6.47. The SMILES string of the molecule is NNc1cccc(Cl)c1.O=C(OCc1ccccc1)N1CCC2(CC1)CNc1cc(Cl)ccc12.O=CC1CCN(C(=O)OCc2ccccc2)CC1. The highest BCUT2D eigenvalue weighted by atomic mass is 35.5. The van der Waals surface area contributed by atoms with E-state index in [1.165, 1.54) is 5.56 Å². The Morgan fingerprint density at radius 1 is 0.769 bits per heavy atom. The van der Waals surface area contributed by atoms with E-state index in [0.29, 0.717) is 31.3 Å². The number of nitrogens with two attached hydrogens (primary N) is 1. The second-order valence-corrected chi connectivity index (χ2v) is 13.9. The number of nitrogen functional groups attached to an aromatic ring is 1. The molecule has 1 spiro atoms. The highest BCUT2D eigenvalue weighted by Crippen LogP contribution is 2.44. The number of nitrogens with one attached hydrogen (secondary N) is 2. The van der Waals surface area contributed by atoms with Crippen molar-refractivity contribution >= 4 is 53.0 Å². The zero-order chi connectivity index (χ0) is 36.8. The Bertz CT molecular complexity index is 1750. The van der Waals surface area contributed by atoms with Crippen LogP contribution in [0.2, 0.25) is 10.0 Å². The highest BCUT2D eigenvalue weighted by Gasteiger charge is 2.42. The van der Waals surface area contributed by atoms with Gasteiger partial charge >= 0.3 is 12.2 Å². The number of anilines is 2. The quantitative estimate of drug-likeness (QED) is 0.102. The van der Waals surface area contributed by atoms with Gasteiger partial charge in [0.1, 0.15) is 19.5 Å². The minimum absolute atomic E-state index is 0.100. The smallest absolute Gasteiger partial charge is 0.410 e. The molecule has 10 nitrogen and oxygen atoms in total. The van der Waals surface area contributed by atoms with Crippen LogP contribution in [0, 0.1) is 5.92 Å². The van der Waals surface area contributed by atoms with Crippen molar-refractivity contribution in [3.63, 3.8) is 0 Å². The van der Waals surface area contributed by atoms with Gasteiger partial charge in [0.05, 0.1) is 0 Å². The maximum atomic E-state index is 12.3. The van der Waals surface area contributed by atoms with Crippen LogP contribution in [0.5, 0.6) is 0 Å². The van der Waals surface area contributed by atoms with E-state index in [9.17, 15) is 14.4 Å². The van der Waals surface area contributed by atoms with Gasteiger partial charge in [-0.25, -0.2) is 9.59 Å². The summed E-state index contributed by atoms with van der Waals surface area (Å²) in [5.41, 5.74) is 7.86. The number of carbonyl (C=O) groups is 3. The van der Waals surface area contributed by atoms with Crippen LogP contribution in [-0.2, 0) is 32.9 Å². The second kappa shape index (κ2) is 19.2. The van der Waals surface area contributed by atoms with Crippen molar-refractivity contribution in [1.82, 2.24) is 9.80 Å². The van der Waals surface area contributed by atoms with Crippen LogP contribution in [0.25, 0.3) is 0 Å². The predicted molar refractivity (Wildman–Crippen MR) is 205 cm³/mol. The molecule has 0 bridgehead atoms. The van der Waals surface area contributed by atoms with Gasteiger partial charge in [0.15, 0.2) is 0 Å². The molecule has 0 unspecified atom stereocenters. The molecule has 2 saturated heterocycles. The summed E-state index contributed by atoms with van der Waals surface area (Å²) in [5, 5.41) is 4.91. The zero-order valence-electron chi connectivity index (χ0n) is 29.0. The number of hydrogen-bond donors (Lipinski definition) is 3. The first-order valence-electron chi connectivity index (χ1n) is 17.4. The normalized spacial score (nSPS) is 15.8. The molecule has 0 aromatic heterocycles. The Morgan fingerprint density at radius 3 is 1.85 bits per heavy atom. The molecule has 274 valence electrons. The van der Waals surface area contributed by atoms with E-state index >= 15 is 0 Å². The number of hydrogen-bond acceptors (Lipinski definition) is 8. The van der Waals surface area contributed by atoms with Crippen LogP contribution >= 0.6 is 23.2 Å². The van der Waals surface area contributed by atoms with Crippen LogP contribution in [0.4, 0.5) is 21.0 Å². The summed E-state index contributed by atoms with van der Waals surface area (Å²) >= 11 is 11.7. The number of likely N-dealkylation sites (tertiary alicyclic amines) is 2. The maximum Gasteiger partial charge on any atom is 0.410 e. The molecular weight excluding hydrogens is 701 g/mol. The lowest BCUT2D eigenvalue weighted by molar-refractivity contribution is -0.112. The summed E-state index contributed by atoms with van der Waals surface area (Å²) < 4.78 is 10.7. The number of amides is 2. The van der Waals surface area contributed by atoms with Gasteiger partial charge in [-0.2, -0.15) is 0 Å². The lowest BCUT2D eigenvalue weighted by atomic mass is 9.74. The molecule has 3 aliphatic heterocycles. The first kappa shape index (κ1) is 38.5. The van der Waals surface area contributed by atoms with Crippen molar-refractivity contribution in [2.75, 3.05) is 43.5 Å². The minimum atomic E-state index is -0.289. The molecule has 3 heterocycles. The minimum Gasteiger partial charge on any atom is -0.445 e. The van der Waals surface area contributed by atoms with Crippen LogP contribution in [0.3, 0.4) is 0 Å². The van der Waals surface area contributed by atoms with Crippen LogP contribution in [-0.4, -0.2) is 61.0 Å². The van der Waals surface area contributed by atoms with E-state index in [1.54, 1.807) is 17.0 Å². The lowest BCUT2D eigenvalue weighted by Gasteiger charge is -2.38. The van der Waals surface area contributed by atoms with E-state index in [1.807, 2.05) is 89.8 Å². The van der Waals surface area contributed by atoms with E-state index in [0.717, 1.165) is 79.1 Å². The van der Waals surface area contributed by atoms with Gasteiger partial charge in [0, 0.05) is 65.5 Å². The molecule has 0 atom stereocenters. The maximum absolute atomic E-state index is 12.3. The number of aldehydes is 1. The summed E-state index contributed by atoms with van der Waals surface area (Å²) in [4.78, 5) is 38.2. The van der Waals surface area contributed by atoms with Crippen LogP contribution in [0.15, 0.2) is 103 Å². The summed E-state index contributed by atoms with van der Waals surface area (Å²) in [6, 6.07) is 32.7. The number of hydrazine groups is 1. The van der Waals surface area contributed by atoms with Crippen molar-refractivity contribution in [2.45, 2.75) is 44.3 Å². The molecule has 4 aromatic carbocycles. The first-order chi connectivity index (χ1) is 25.3. The Kier molecular flexibility index (Phi) is 14.2. The molecule has 0 saturated carbocycles. The molecule has 4 aromatic rings. The third-order valence-electron chi connectivity index (χ3n) is 9.54. The van der Waals surface area contributed by atoms with Crippen molar-refractivity contribution in [3.8, 4) is 0 Å². The average molecular weight is 747 g/mol. The summed E-state index contributed by atoms with van der Waals surface area (Å²) in [6.45, 7) is 4.19. The molecule has 0 aliphatic carbocycles. The molecule has 2 fully saturated rings. The van der Waals surface area contributed by atoms with Gasteiger partial charge in [0.2, 0.25) is 0 Å². The fourth-order valence-corrected chi connectivity index (χ4v) is 6.83. The third kappa shape index (κ3) is 10.9. The summed E-state index contributed by atoms with van der Waals surface area (Å²) in [5.74, 6) is 5.21. The fraction of sp³-hybridized carbons (Fsp3) is 0.325. The molecule has 0 radical (unpaired) electrons.